The van der Waals surface area contributed by atoms with Crippen LogP contribution in [0.3, 0.4) is 0 Å². The van der Waals surface area contributed by atoms with Gasteiger partial charge in [0.25, 0.3) is 0 Å². The van der Waals surface area contributed by atoms with E-state index in [4.69, 9.17) is 22.5 Å². The maximum atomic E-state index is 13.0. The standard InChI is InChI=1S/C13H15ClF3N3O/c14-9-3-1-2-8(13(15,16)17)11(9)19-7-12(4-5-12)6-10(18)20-21/h1-3,19,21H,4-7H2,(H2,18,20). The number of hydrogen-bond acceptors (Lipinski definition) is 3. The Morgan fingerprint density at radius 1 is 1.43 bits per heavy atom. The smallest absolute Gasteiger partial charge is 0.409 e. The number of nitrogens with zero attached hydrogens (tertiary/aromatic N) is 1. The van der Waals surface area contributed by atoms with Gasteiger partial charge in [-0.3, -0.25) is 0 Å². The molecule has 0 unspecified atom stereocenters. The molecule has 1 aromatic rings. The molecule has 1 fully saturated rings. The molecule has 4 N–H and O–H groups in total. The number of nitrogens with one attached hydrogen (secondary N) is 1. The van der Waals surface area contributed by atoms with Crippen molar-refractivity contribution < 1.29 is 18.4 Å². The molecule has 1 aliphatic carbocycles. The van der Waals surface area contributed by atoms with E-state index in [0.717, 1.165) is 18.9 Å². The van der Waals surface area contributed by atoms with E-state index in [9.17, 15) is 13.2 Å². The number of hydrogen-bond donors (Lipinski definition) is 3. The van der Waals surface area contributed by atoms with E-state index < -0.39 is 11.7 Å². The normalized spacial score (nSPS) is 17.6. The Balaban J connectivity index is 2.14. The summed E-state index contributed by atoms with van der Waals surface area (Å²) in [6, 6.07) is 3.65. The maximum absolute atomic E-state index is 13.0. The number of halogens is 4. The molecule has 0 aliphatic heterocycles. The summed E-state index contributed by atoms with van der Waals surface area (Å²) in [5.74, 6) is 0.0736. The SMILES string of the molecule is NC(CC1(CNc2c(Cl)cccc2C(F)(F)F)CC1)=NO. The first kappa shape index (κ1) is 15.8. The Morgan fingerprint density at radius 3 is 2.62 bits per heavy atom. The lowest BCUT2D eigenvalue weighted by molar-refractivity contribution is -0.137. The molecule has 4 nitrogen and oxygen atoms in total. The summed E-state index contributed by atoms with van der Waals surface area (Å²) in [5, 5.41) is 14.3. The van der Waals surface area contributed by atoms with E-state index in [2.05, 4.69) is 10.5 Å². The molecular weight excluding hydrogens is 307 g/mol. The highest BCUT2D eigenvalue weighted by molar-refractivity contribution is 6.33. The third-order valence-electron chi connectivity index (χ3n) is 3.60. The first-order valence-electron chi connectivity index (χ1n) is 6.33. The third-order valence-corrected chi connectivity index (χ3v) is 3.92. The number of anilines is 1. The van der Waals surface area contributed by atoms with Crippen LogP contribution in [0.25, 0.3) is 0 Å². The predicted octanol–water partition coefficient (Wildman–Crippen LogP) is 3.69. The average molecular weight is 322 g/mol. The second kappa shape index (κ2) is 5.63. The summed E-state index contributed by atoms with van der Waals surface area (Å²) in [7, 11) is 0. The van der Waals surface area contributed by atoms with E-state index >= 15 is 0 Å². The largest absolute Gasteiger partial charge is 0.418 e. The predicted molar refractivity (Wildman–Crippen MR) is 74.6 cm³/mol. The molecule has 0 amide bonds. The van der Waals surface area contributed by atoms with Crippen LogP contribution in [0, 0.1) is 5.41 Å². The van der Waals surface area contributed by atoms with Crippen molar-refractivity contribution in [3.05, 3.63) is 28.8 Å². The van der Waals surface area contributed by atoms with Crippen LogP contribution in [-0.4, -0.2) is 17.6 Å². The van der Waals surface area contributed by atoms with Crippen LogP contribution in [0.2, 0.25) is 5.02 Å². The van der Waals surface area contributed by atoms with E-state index in [0.29, 0.717) is 6.42 Å². The van der Waals surface area contributed by atoms with Crippen molar-refractivity contribution in [1.82, 2.24) is 0 Å². The average Bonchev–Trinajstić information content (AvgIpc) is 3.16. The Bertz CT molecular complexity index is 556. The molecule has 2 rings (SSSR count). The summed E-state index contributed by atoms with van der Waals surface area (Å²) in [5.41, 5.74) is 4.27. The molecule has 0 aromatic heterocycles. The van der Waals surface area contributed by atoms with Crippen molar-refractivity contribution >= 4 is 23.1 Å². The Hall–Kier alpha value is -1.63. The van der Waals surface area contributed by atoms with Crippen LogP contribution in [-0.2, 0) is 6.18 Å². The molecule has 0 bridgehead atoms. The van der Waals surface area contributed by atoms with Crippen LogP contribution >= 0.6 is 11.6 Å². The monoisotopic (exact) mass is 321 g/mol. The Labute approximate surface area is 124 Å². The molecule has 0 saturated heterocycles. The molecule has 8 heteroatoms. The van der Waals surface area contributed by atoms with Gasteiger partial charge in [0, 0.05) is 13.0 Å². The fraction of sp³-hybridized carbons (Fsp3) is 0.462. The quantitative estimate of drug-likeness (QED) is 0.335. The lowest BCUT2D eigenvalue weighted by Gasteiger charge is -2.20. The fourth-order valence-electron chi connectivity index (χ4n) is 2.23. The lowest BCUT2D eigenvalue weighted by Crippen LogP contribution is -2.24. The number of oxime groups is 1. The molecule has 1 saturated carbocycles. The van der Waals surface area contributed by atoms with Gasteiger partial charge in [-0.2, -0.15) is 13.2 Å². The third kappa shape index (κ3) is 3.72. The summed E-state index contributed by atoms with van der Waals surface area (Å²) in [4.78, 5) is 0. The van der Waals surface area contributed by atoms with Crippen LogP contribution < -0.4 is 11.1 Å². The van der Waals surface area contributed by atoms with Crippen molar-refractivity contribution in [1.29, 1.82) is 0 Å². The van der Waals surface area contributed by atoms with Gasteiger partial charge in [-0.25, -0.2) is 0 Å². The van der Waals surface area contributed by atoms with Crippen molar-refractivity contribution in [3.8, 4) is 0 Å². The molecule has 0 radical (unpaired) electrons. The number of para-hydroxylation sites is 1. The number of alkyl halides is 3. The van der Waals surface area contributed by atoms with Crippen LogP contribution in [0.4, 0.5) is 18.9 Å². The first-order valence-corrected chi connectivity index (χ1v) is 6.71. The van der Waals surface area contributed by atoms with Gasteiger partial charge in [0.2, 0.25) is 0 Å². The highest BCUT2D eigenvalue weighted by Crippen LogP contribution is 2.49. The number of amidine groups is 1. The van der Waals surface area contributed by atoms with Crippen LogP contribution in [0.15, 0.2) is 23.4 Å². The van der Waals surface area contributed by atoms with Gasteiger partial charge < -0.3 is 16.3 Å². The summed E-state index contributed by atoms with van der Waals surface area (Å²) >= 11 is 5.87. The number of benzene rings is 1. The molecule has 116 valence electrons. The minimum atomic E-state index is -4.48. The van der Waals surface area contributed by atoms with Crippen LogP contribution in [0.5, 0.6) is 0 Å². The molecule has 1 aromatic carbocycles. The molecular formula is C13H15ClF3N3O. The molecule has 0 heterocycles. The van der Waals surface area contributed by atoms with Gasteiger partial charge in [-0.05, 0) is 30.4 Å². The van der Waals surface area contributed by atoms with E-state index in [1.165, 1.54) is 12.1 Å². The van der Waals surface area contributed by atoms with Gasteiger partial charge in [0.15, 0.2) is 0 Å². The zero-order valence-electron chi connectivity index (χ0n) is 11.0. The minimum Gasteiger partial charge on any atom is -0.409 e. The van der Waals surface area contributed by atoms with E-state index in [-0.39, 0.29) is 28.5 Å². The molecule has 0 atom stereocenters. The van der Waals surface area contributed by atoms with Crippen molar-refractivity contribution in [2.45, 2.75) is 25.4 Å². The van der Waals surface area contributed by atoms with Crippen LogP contribution in [0.1, 0.15) is 24.8 Å². The Morgan fingerprint density at radius 2 is 2.10 bits per heavy atom. The second-order valence-corrected chi connectivity index (χ2v) is 5.69. The maximum Gasteiger partial charge on any atom is 0.418 e. The van der Waals surface area contributed by atoms with Gasteiger partial charge in [0.05, 0.1) is 16.3 Å². The molecule has 1 aliphatic rings. The summed E-state index contributed by atoms with van der Waals surface area (Å²) in [6.07, 6.45) is -2.53. The van der Waals surface area contributed by atoms with E-state index in [1.54, 1.807) is 0 Å². The topological polar surface area (TPSA) is 70.6 Å². The zero-order valence-corrected chi connectivity index (χ0v) is 11.8. The van der Waals surface area contributed by atoms with E-state index in [1.807, 2.05) is 0 Å². The van der Waals surface area contributed by atoms with Gasteiger partial charge >= 0.3 is 6.18 Å². The summed E-state index contributed by atoms with van der Waals surface area (Å²) in [6.45, 7) is 0.288. The Kier molecular flexibility index (Phi) is 4.22. The van der Waals surface area contributed by atoms with Gasteiger partial charge in [-0.15, -0.1) is 0 Å². The van der Waals surface area contributed by atoms with Crippen molar-refractivity contribution in [3.63, 3.8) is 0 Å². The molecule has 21 heavy (non-hydrogen) atoms. The highest BCUT2D eigenvalue weighted by Gasteiger charge is 2.44. The number of nitrogens with two attached hydrogens (primary N) is 1. The lowest BCUT2D eigenvalue weighted by atomic mass is 10.0. The first-order chi connectivity index (χ1) is 9.77. The fourth-order valence-corrected chi connectivity index (χ4v) is 2.47. The van der Waals surface area contributed by atoms with Gasteiger partial charge in [-0.1, -0.05) is 22.8 Å². The highest BCUT2D eigenvalue weighted by atomic mass is 35.5. The molecule has 0 spiro atoms. The van der Waals surface area contributed by atoms with Crippen molar-refractivity contribution in [2.75, 3.05) is 11.9 Å². The zero-order chi connectivity index (χ0) is 15.7. The second-order valence-electron chi connectivity index (χ2n) is 5.28. The number of rotatable bonds is 5. The summed E-state index contributed by atoms with van der Waals surface area (Å²) < 4.78 is 38.9. The van der Waals surface area contributed by atoms with Gasteiger partial charge in [0.1, 0.15) is 5.84 Å². The van der Waals surface area contributed by atoms with Crippen molar-refractivity contribution in [2.24, 2.45) is 16.3 Å². The minimum absolute atomic E-state index is 0.0180.